The van der Waals surface area contributed by atoms with Crippen LogP contribution >= 0.6 is 0 Å². The molecule has 0 bridgehead atoms. The van der Waals surface area contributed by atoms with Gasteiger partial charge in [-0.1, -0.05) is 0 Å². The Kier molecular flexibility index (Phi) is 4.83. The highest BCUT2D eigenvalue weighted by Crippen LogP contribution is 2.27. The predicted molar refractivity (Wildman–Crippen MR) is 103 cm³/mol. The van der Waals surface area contributed by atoms with E-state index in [1.807, 2.05) is 0 Å². The maximum absolute atomic E-state index is 11.7. The van der Waals surface area contributed by atoms with Crippen molar-refractivity contribution in [1.29, 1.82) is 0 Å². The Hall–Kier alpha value is -2.49. The Morgan fingerprint density at radius 3 is 1.85 bits per heavy atom. The molecule has 0 atom stereocenters. The van der Waals surface area contributed by atoms with E-state index in [0.29, 0.717) is 13.1 Å². The van der Waals surface area contributed by atoms with Crippen LogP contribution in [-0.4, -0.2) is 73.1 Å². The zero-order chi connectivity index (χ0) is 17.9. The summed E-state index contributed by atoms with van der Waals surface area (Å²) in [6, 6.07) is 2.11. The average Bonchev–Trinajstić information content (AvgIpc) is 3.41. The van der Waals surface area contributed by atoms with E-state index in [1.54, 1.807) is 4.90 Å². The fourth-order valence-corrected chi connectivity index (χ4v) is 3.97. The molecule has 1 aromatic rings. The highest BCUT2D eigenvalue weighted by Gasteiger charge is 2.25. The van der Waals surface area contributed by atoms with Gasteiger partial charge in [-0.3, -0.25) is 4.79 Å². The van der Waals surface area contributed by atoms with Crippen LogP contribution in [0.2, 0.25) is 0 Å². The van der Waals surface area contributed by atoms with Gasteiger partial charge >= 0.3 is 0 Å². The van der Waals surface area contributed by atoms with Crippen LogP contribution in [0.15, 0.2) is 6.07 Å². The monoisotopic (exact) mass is 354 g/mol. The second-order valence-electron chi connectivity index (χ2n) is 7.20. The molecule has 7 heteroatoms. The van der Waals surface area contributed by atoms with Crippen LogP contribution < -0.4 is 14.7 Å². The van der Waals surface area contributed by atoms with Crippen LogP contribution in [-0.2, 0) is 4.79 Å². The lowest BCUT2D eigenvalue weighted by molar-refractivity contribution is -0.125. The van der Waals surface area contributed by atoms with Crippen LogP contribution in [0.3, 0.4) is 0 Å². The molecule has 3 aliphatic rings. The molecule has 4 rings (SSSR count). The molecule has 3 fully saturated rings. The van der Waals surface area contributed by atoms with Gasteiger partial charge in [-0.25, -0.2) is 0 Å². The smallest absolute Gasteiger partial charge is 0.298 e. The molecule has 26 heavy (non-hydrogen) atoms. The number of terminal acetylenes is 1. The van der Waals surface area contributed by atoms with Gasteiger partial charge in [-0.05, 0) is 31.6 Å². The van der Waals surface area contributed by atoms with E-state index in [-0.39, 0.29) is 5.91 Å². The Labute approximate surface area is 155 Å². The molecule has 0 aliphatic carbocycles. The van der Waals surface area contributed by atoms with E-state index in [0.717, 1.165) is 56.9 Å². The molecule has 3 aliphatic heterocycles. The van der Waals surface area contributed by atoms with Crippen molar-refractivity contribution in [2.24, 2.45) is 0 Å². The Morgan fingerprint density at radius 2 is 1.31 bits per heavy atom. The molecule has 0 N–H and O–H groups in total. The molecule has 4 heterocycles. The first kappa shape index (κ1) is 17.0. The number of hydrogen-bond acceptors (Lipinski definition) is 6. The highest BCUT2D eigenvalue weighted by atomic mass is 16.2. The summed E-state index contributed by atoms with van der Waals surface area (Å²) in [7, 11) is 0. The molecule has 1 amide bonds. The summed E-state index contributed by atoms with van der Waals surface area (Å²) in [5, 5.41) is 0. The normalized spacial score (nSPS) is 20.6. The number of carbonyl (C=O) groups is 1. The second kappa shape index (κ2) is 7.40. The topological polar surface area (TPSA) is 55.8 Å². The van der Waals surface area contributed by atoms with Crippen molar-refractivity contribution < 1.29 is 4.79 Å². The van der Waals surface area contributed by atoms with E-state index in [9.17, 15) is 4.79 Å². The third-order valence-electron chi connectivity index (χ3n) is 5.52. The van der Waals surface area contributed by atoms with Crippen molar-refractivity contribution >= 4 is 23.5 Å². The summed E-state index contributed by atoms with van der Waals surface area (Å²) in [6.07, 6.45) is 10.1. The van der Waals surface area contributed by atoms with Gasteiger partial charge in [-0.15, -0.1) is 6.42 Å². The minimum atomic E-state index is -0.220. The van der Waals surface area contributed by atoms with Crippen molar-refractivity contribution in [1.82, 2.24) is 14.9 Å². The maximum Gasteiger partial charge on any atom is 0.298 e. The van der Waals surface area contributed by atoms with Crippen molar-refractivity contribution in [2.45, 2.75) is 25.7 Å². The molecule has 3 saturated heterocycles. The lowest BCUT2D eigenvalue weighted by atomic mass is 10.3. The average molecular weight is 354 g/mol. The van der Waals surface area contributed by atoms with Gasteiger partial charge < -0.3 is 19.6 Å². The number of carbonyl (C=O) groups excluding carboxylic acids is 1. The zero-order valence-electron chi connectivity index (χ0n) is 15.2. The largest absolute Gasteiger partial charge is 0.356 e. The first-order valence-corrected chi connectivity index (χ1v) is 9.64. The lowest BCUT2D eigenvalue weighted by Gasteiger charge is -2.35. The van der Waals surface area contributed by atoms with E-state index in [2.05, 4.69) is 26.7 Å². The molecule has 0 aromatic carbocycles. The molecule has 7 nitrogen and oxygen atoms in total. The van der Waals surface area contributed by atoms with Gasteiger partial charge in [0, 0.05) is 58.4 Å². The number of amides is 1. The van der Waals surface area contributed by atoms with E-state index < -0.39 is 0 Å². The minimum absolute atomic E-state index is 0.220. The number of hydrogen-bond donors (Lipinski definition) is 0. The molecule has 138 valence electrons. The highest BCUT2D eigenvalue weighted by molar-refractivity contribution is 5.93. The van der Waals surface area contributed by atoms with Crippen LogP contribution in [0.25, 0.3) is 0 Å². The van der Waals surface area contributed by atoms with Crippen LogP contribution in [0.1, 0.15) is 25.7 Å². The third kappa shape index (κ3) is 3.41. The van der Waals surface area contributed by atoms with Crippen LogP contribution in [0.5, 0.6) is 0 Å². The van der Waals surface area contributed by atoms with Crippen molar-refractivity contribution in [3.05, 3.63) is 6.07 Å². The fraction of sp³-hybridized carbons (Fsp3) is 0.632. The summed E-state index contributed by atoms with van der Waals surface area (Å²) in [5.74, 6) is 4.85. The Bertz CT molecular complexity index is 660. The molecule has 0 saturated carbocycles. The van der Waals surface area contributed by atoms with Crippen LogP contribution in [0, 0.1) is 12.3 Å². The molecular formula is C19H26N6O. The van der Waals surface area contributed by atoms with Gasteiger partial charge in [0.25, 0.3) is 5.91 Å². The Balaban J connectivity index is 1.56. The quantitative estimate of drug-likeness (QED) is 0.754. The summed E-state index contributed by atoms with van der Waals surface area (Å²) in [4.78, 5) is 30.1. The van der Waals surface area contributed by atoms with Gasteiger partial charge in [0.1, 0.15) is 11.6 Å². The number of anilines is 3. The fourth-order valence-electron chi connectivity index (χ4n) is 3.97. The number of aromatic nitrogens is 2. The first-order valence-electron chi connectivity index (χ1n) is 9.64. The number of rotatable bonds is 3. The summed E-state index contributed by atoms with van der Waals surface area (Å²) in [5.41, 5.74) is 0. The Morgan fingerprint density at radius 1 is 0.808 bits per heavy atom. The van der Waals surface area contributed by atoms with Gasteiger partial charge in [0.2, 0.25) is 5.95 Å². The summed E-state index contributed by atoms with van der Waals surface area (Å²) < 4.78 is 0. The molecule has 0 radical (unpaired) electrons. The number of piperazine rings is 1. The van der Waals surface area contributed by atoms with Crippen molar-refractivity contribution in [3.8, 4) is 12.3 Å². The van der Waals surface area contributed by atoms with E-state index in [4.69, 9.17) is 16.4 Å². The van der Waals surface area contributed by atoms with E-state index >= 15 is 0 Å². The van der Waals surface area contributed by atoms with Crippen molar-refractivity contribution in [2.75, 3.05) is 67.1 Å². The third-order valence-corrected chi connectivity index (χ3v) is 5.52. The summed E-state index contributed by atoms with van der Waals surface area (Å²) in [6.45, 7) is 7.00. The minimum Gasteiger partial charge on any atom is -0.356 e. The van der Waals surface area contributed by atoms with Crippen molar-refractivity contribution in [3.63, 3.8) is 0 Å². The molecule has 0 spiro atoms. The molecular weight excluding hydrogens is 328 g/mol. The van der Waals surface area contributed by atoms with Gasteiger partial charge in [-0.2, -0.15) is 9.97 Å². The second-order valence-corrected chi connectivity index (χ2v) is 7.20. The summed E-state index contributed by atoms with van der Waals surface area (Å²) >= 11 is 0. The first-order chi connectivity index (χ1) is 12.7. The van der Waals surface area contributed by atoms with Crippen LogP contribution in [0.4, 0.5) is 17.6 Å². The predicted octanol–water partition coefficient (Wildman–Crippen LogP) is 0.959. The lowest BCUT2D eigenvalue weighted by Crippen LogP contribution is -2.48. The standard InChI is InChI=1S/C19H26N6O/c1-2-18(26)24-13-11-23(12-14-24)17-15-16(22-7-3-4-8-22)20-19(21-17)25-9-5-6-10-25/h1,15H,3-14H2. The zero-order valence-corrected chi connectivity index (χ0v) is 15.2. The number of nitrogens with zero attached hydrogens (tertiary/aromatic N) is 6. The maximum atomic E-state index is 11.7. The van der Waals surface area contributed by atoms with E-state index in [1.165, 1.54) is 25.7 Å². The van der Waals surface area contributed by atoms with Gasteiger partial charge in [0.15, 0.2) is 0 Å². The molecule has 0 unspecified atom stereocenters. The SMILES string of the molecule is C#CC(=O)N1CCN(c2cc(N3CCCC3)nc(N3CCCC3)n2)CC1. The van der Waals surface area contributed by atoms with Gasteiger partial charge in [0.05, 0.1) is 0 Å². The molecule has 1 aromatic heterocycles.